The van der Waals surface area contributed by atoms with Crippen LogP contribution in [0, 0.1) is 15.5 Å². The monoisotopic (exact) mass is 392 g/mol. The minimum Gasteiger partial charge on any atom is -0.469 e. The van der Waals surface area contributed by atoms with Gasteiger partial charge >= 0.3 is 5.97 Å². The molecule has 1 aliphatic carbocycles. The molecule has 1 N–H and O–H groups in total. The minimum atomic E-state index is -0.543. The highest BCUT2D eigenvalue weighted by Gasteiger charge is 2.49. The lowest BCUT2D eigenvalue weighted by molar-refractivity contribution is -0.384. The molecule has 1 saturated carbocycles. The van der Waals surface area contributed by atoms with E-state index in [9.17, 15) is 14.9 Å². The van der Waals surface area contributed by atoms with Gasteiger partial charge in [-0.3, -0.25) is 14.9 Å². The quantitative estimate of drug-likeness (QED) is 0.443. The predicted molar refractivity (Wildman–Crippen MR) is 107 cm³/mol. The summed E-state index contributed by atoms with van der Waals surface area (Å²) in [6, 6.07) is 6.77. The van der Waals surface area contributed by atoms with E-state index in [1.165, 1.54) is 7.11 Å². The number of benzene rings is 1. The molecule has 1 saturated heterocycles. The Labute approximate surface area is 164 Å². The molecule has 1 unspecified atom stereocenters. The topological polar surface area (TPSA) is 81.5 Å². The molecule has 1 aromatic rings. The molecule has 2 aliphatic rings. The lowest BCUT2D eigenvalue weighted by Crippen LogP contribution is -2.40. The number of hydrogen-bond acceptors (Lipinski definition) is 6. The van der Waals surface area contributed by atoms with Gasteiger partial charge in [-0.2, -0.15) is 0 Å². The lowest BCUT2D eigenvalue weighted by Gasteiger charge is -2.42. The zero-order valence-electron chi connectivity index (χ0n) is 15.8. The molecule has 7 heteroatoms. The van der Waals surface area contributed by atoms with Crippen LogP contribution in [-0.4, -0.2) is 36.3 Å². The fraction of sp³-hybridized carbons (Fsp3) is 0.650. The van der Waals surface area contributed by atoms with Gasteiger partial charge in [-0.1, -0.05) is 31.4 Å². The molecule has 2 fully saturated rings. The van der Waals surface area contributed by atoms with Gasteiger partial charge in [0.05, 0.1) is 17.4 Å². The number of ether oxygens (including phenoxy) is 1. The largest absolute Gasteiger partial charge is 0.469 e. The molecule has 1 atom stereocenters. The number of rotatable bonds is 6. The number of thioether (sulfide) groups is 1. The van der Waals surface area contributed by atoms with Crippen molar-refractivity contribution in [2.45, 2.75) is 55.4 Å². The Hall–Kier alpha value is -1.60. The first-order chi connectivity index (χ1) is 13.1. The summed E-state index contributed by atoms with van der Waals surface area (Å²) in [4.78, 5) is 23.6. The molecule has 0 amide bonds. The number of esters is 1. The molecule has 3 rings (SSSR count). The Morgan fingerprint density at radius 1 is 1.22 bits per heavy atom. The van der Waals surface area contributed by atoms with E-state index in [4.69, 9.17) is 4.74 Å². The molecule has 1 aromatic carbocycles. The number of nitro groups is 1. The van der Waals surface area contributed by atoms with Crippen molar-refractivity contribution in [3.63, 3.8) is 0 Å². The summed E-state index contributed by atoms with van der Waals surface area (Å²) in [5, 5.41) is 14.9. The van der Waals surface area contributed by atoms with Crippen LogP contribution in [0.5, 0.6) is 0 Å². The highest BCUT2D eigenvalue weighted by atomic mass is 32.2. The van der Waals surface area contributed by atoms with Crippen molar-refractivity contribution >= 4 is 23.4 Å². The van der Waals surface area contributed by atoms with Gasteiger partial charge in [0.1, 0.15) is 0 Å². The van der Waals surface area contributed by atoms with E-state index in [2.05, 4.69) is 5.32 Å². The molecule has 0 spiro atoms. The molecule has 6 nitrogen and oxygen atoms in total. The first kappa shape index (κ1) is 20.1. The van der Waals surface area contributed by atoms with E-state index in [1.54, 1.807) is 12.1 Å². The average molecular weight is 393 g/mol. The molecule has 0 aromatic heterocycles. The van der Waals surface area contributed by atoms with Gasteiger partial charge in [0.15, 0.2) is 0 Å². The summed E-state index contributed by atoms with van der Waals surface area (Å²) in [7, 11) is 1.47. The minimum absolute atomic E-state index is 0.0332. The maximum atomic E-state index is 13.0. The van der Waals surface area contributed by atoms with Crippen molar-refractivity contribution in [1.29, 1.82) is 0 Å². The fourth-order valence-corrected chi connectivity index (χ4v) is 6.18. The first-order valence-electron chi connectivity index (χ1n) is 9.76. The average Bonchev–Trinajstić information content (AvgIpc) is 2.72. The van der Waals surface area contributed by atoms with Crippen molar-refractivity contribution in [2.24, 2.45) is 5.41 Å². The Morgan fingerprint density at radius 3 is 2.41 bits per heavy atom. The number of nitro benzene ring substituents is 1. The third-order valence-corrected chi connectivity index (χ3v) is 7.71. The van der Waals surface area contributed by atoms with Gasteiger partial charge in [-0.05, 0) is 44.3 Å². The second-order valence-electron chi connectivity index (χ2n) is 7.52. The number of hydrogen-bond donors (Lipinski definition) is 1. The number of methoxy groups -OCH3 is 1. The summed E-state index contributed by atoms with van der Waals surface area (Å²) >= 11 is 1.87. The van der Waals surface area contributed by atoms with Crippen molar-refractivity contribution in [2.75, 3.05) is 20.2 Å². The van der Waals surface area contributed by atoms with Crippen molar-refractivity contribution in [1.82, 2.24) is 5.32 Å². The van der Waals surface area contributed by atoms with Gasteiger partial charge in [-0.25, -0.2) is 0 Å². The zero-order chi connectivity index (χ0) is 19.3. The third kappa shape index (κ3) is 4.46. The van der Waals surface area contributed by atoms with E-state index >= 15 is 0 Å². The summed E-state index contributed by atoms with van der Waals surface area (Å²) in [5.41, 5.74) is 0.537. The normalized spacial score (nSPS) is 21.4. The summed E-state index contributed by atoms with van der Waals surface area (Å²) in [6.07, 6.45) is 6.97. The van der Waals surface area contributed by atoms with E-state index in [1.807, 2.05) is 23.9 Å². The van der Waals surface area contributed by atoms with E-state index < -0.39 is 5.41 Å². The van der Waals surface area contributed by atoms with E-state index in [-0.39, 0.29) is 21.8 Å². The van der Waals surface area contributed by atoms with Crippen LogP contribution in [0.25, 0.3) is 0 Å². The molecular formula is C20H28N2O4S. The number of piperidine rings is 1. The number of non-ortho nitro benzene ring substituents is 1. The standard InChI is InChI=1S/C20H28N2O4S/c1-26-19(23)20(11-3-2-4-12-20)18(27-17-9-13-21-14-10-17)15-5-7-16(8-6-15)22(24)25/h5-8,17-18,21H,2-4,9-14H2,1H3. The second-order valence-corrected chi connectivity index (χ2v) is 8.93. The summed E-state index contributed by atoms with van der Waals surface area (Å²) < 4.78 is 5.27. The van der Waals surface area contributed by atoms with Crippen LogP contribution in [0.3, 0.4) is 0 Å². The smallest absolute Gasteiger partial charge is 0.313 e. The van der Waals surface area contributed by atoms with Gasteiger partial charge < -0.3 is 10.1 Å². The molecule has 1 heterocycles. The lowest BCUT2D eigenvalue weighted by atomic mass is 9.70. The maximum absolute atomic E-state index is 13.0. The van der Waals surface area contributed by atoms with Crippen LogP contribution < -0.4 is 5.32 Å². The van der Waals surface area contributed by atoms with Crippen molar-refractivity contribution < 1.29 is 14.5 Å². The molecular weight excluding hydrogens is 364 g/mol. The molecule has 0 bridgehead atoms. The van der Waals surface area contributed by atoms with E-state index in [0.29, 0.717) is 5.25 Å². The molecule has 148 valence electrons. The van der Waals surface area contributed by atoms with Gasteiger partial charge in [0.25, 0.3) is 5.69 Å². The van der Waals surface area contributed by atoms with Crippen LogP contribution in [0.15, 0.2) is 24.3 Å². The molecule has 27 heavy (non-hydrogen) atoms. The number of nitrogens with one attached hydrogen (secondary N) is 1. The molecule has 0 radical (unpaired) electrons. The number of carbonyl (C=O) groups is 1. The Bertz CT molecular complexity index is 652. The Morgan fingerprint density at radius 2 is 1.85 bits per heavy atom. The SMILES string of the molecule is COC(=O)C1(C(SC2CCNCC2)c2ccc([N+](=O)[O-])cc2)CCCCC1. The maximum Gasteiger partial charge on any atom is 0.313 e. The summed E-state index contributed by atoms with van der Waals surface area (Å²) in [6.45, 7) is 1.99. The zero-order valence-corrected chi connectivity index (χ0v) is 16.6. The van der Waals surface area contributed by atoms with Gasteiger partial charge in [0, 0.05) is 22.6 Å². The van der Waals surface area contributed by atoms with Crippen LogP contribution in [0.4, 0.5) is 5.69 Å². The highest BCUT2D eigenvalue weighted by molar-refractivity contribution is 8.00. The fourth-order valence-electron chi connectivity index (χ4n) is 4.38. The first-order valence-corrected chi connectivity index (χ1v) is 10.7. The van der Waals surface area contributed by atoms with Gasteiger partial charge in [0.2, 0.25) is 0 Å². The van der Waals surface area contributed by atoms with Crippen LogP contribution >= 0.6 is 11.8 Å². The van der Waals surface area contributed by atoms with Crippen molar-refractivity contribution in [3.05, 3.63) is 39.9 Å². The van der Waals surface area contributed by atoms with E-state index in [0.717, 1.165) is 63.6 Å². The van der Waals surface area contributed by atoms with Crippen LogP contribution in [0.2, 0.25) is 0 Å². The predicted octanol–water partition coefficient (Wildman–Crippen LogP) is 4.24. The highest BCUT2D eigenvalue weighted by Crippen LogP contribution is 2.55. The Kier molecular flexibility index (Phi) is 6.76. The number of carbonyl (C=O) groups excluding carboxylic acids is 1. The van der Waals surface area contributed by atoms with Crippen LogP contribution in [0.1, 0.15) is 55.8 Å². The third-order valence-electron chi connectivity index (χ3n) is 5.86. The van der Waals surface area contributed by atoms with Crippen LogP contribution in [-0.2, 0) is 9.53 Å². The summed E-state index contributed by atoms with van der Waals surface area (Å²) in [5.74, 6) is -0.132. The van der Waals surface area contributed by atoms with Gasteiger partial charge in [-0.15, -0.1) is 11.8 Å². The Balaban J connectivity index is 1.96. The molecule has 1 aliphatic heterocycles. The second kappa shape index (κ2) is 9.06. The van der Waals surface area contributed by atoms with Crippen molar-refractivity contribution in [3.8, 4) is 0 Å². The number of nitrogens with zero attached hydrogens (tertiary/aromatic N) is 1.